The van der Waals surface area contributed by atoms with Crippen molar-refractivity contribution in [2.75, 3.05) is 18.4 Å². The normalized spacial score (nSPS) is 16.0. The van der Waals surface area contributed by atoms with Crippen LogP contribution < -0.4 is 5.32 Å². The number of hydrogen-bond acceptors (Lipinski definition) is 5. The van der Waals surface area contributed by atoms with Crippen LogP contribution in [0, 0.1) is 5.82 Å². The maximum Gasteiger partial charge on any atom is 0.275 e. The van der Waals surface area contributed by atoms with Gasteiger partial charge in [0.05, 0.1) is 5.69 Å². The summed E-state index contributed by atoms with van der Waals surface area (Å²) in [5.74, 6) is -0.322. The summed E-state index contributed by atoms with van der Waals surface area (Å²) in [6.07, 6.45) is 1.58. The second kappa shape index (κ2) is 6.17. The molecule has 1 aliphatic rings. The van der Waals surface area contributed by atoms with E-state index in [1.165, 1.54) is 17.6 Å². The summed E-state index contributed by atoms with van der Waals surface area (Å²) in [7, 11) is 0. The number of carbonyl (C=O) groups is 1. The third kappa shape index (κ3) is 3.18. The van der Waals surface area contributed by atoms with Gasteiger partial charge in [-0.2, -0.15) is 0 Å². The molecule has 1 fully saturated rings. The van der Waals surface area contributed by atoms with Gasteiger partial charge in [-0.05, 0) is 36.5 Å². The predicted molar refractivity (Wildman–Crippen MR) is 78.9 cm³/mol. The molecule has 1 N–H and O–H groups in total. The van der Waals surface area contributed by atoms with Gasteiger partial charge in [-0.1, -0.05) is 16.6 Å². The summed E-state index contributed by atoms with van der Waals surface area (Å²) >= 11 is 1.17. The second-order valence-corrected chi connectivity index (χ2v) is 5.59. The van der Waals surface area contributed by atoms with Gasteiger partial charge in [0.25, 0.3) is 5.91 Å². The fourth-order valence-corrected chi connectivity index (χ4v) is 2.87. The van der Waals surface area contributed by atoms with Crippen molar-refractivity contribution < 1.29 is 9.18 Å². The number of rotatable bonds is 3. The molecule has 0 saturated carbocycles. The van der Waals surface area contributed by atoms with Crippen LogP contribution in [-0.2, 0) is 0 Å². The predicted octanol–water partition coefficient (Wildman–Crippen LogP) is 2.39. The summed E-state index contributed by atoms with van der Waals surface area (Å²) in [5, 5.41) is 8.67. The van der Waals surface area contributed by atoms with Crippen LogP contribution in [0.25, 0.3) is 0 Å². The van der Waals surface area contributed by atoms with E-state index in [1.807, 2.05) is 0 Å². The minimum Gasteiger partial charge on any atom is -0.380 e. The van der Waals surface area contributed by atoms with Crippen LogP contribution in [0.5, 0.6) is 0 Å². The summed E-state index contributed by atoms with van der Waals surface area (Å²) in [6, 6.07) is 6.83. The van der Waals surface area contributed by atoms with E-state index in [4.69, 9.17) is 0 Å². The fraction of sp³-hybridized carbons (Fsp3) is 0.357. The lowest BCUT2D eigenvalue weighted by Gasteiger charge is -2.32. The van der Waals surface area contributed by atoms with Gasteiger partial charge in [0, 0.05) is 24.5 Å². The Morgan fingerprint density at radius 1 is 1.33 bits per heavy atom. The SMILES string of the molecule is O=C(c1csnn1)N1CCC(Nc2ccccc2F)CC1. The number of anilines is 1. The lowest BCUT2D eigenvalue weighted by Crippen LogP contribution is -2.42. The first kappa shape index (κ1) is 13.9. The molecule has 1 aromatic carbocycles. The number of piperidine rings is 1. The second-order valence-electron chi connectivity index (χ2n) is 4.98. The maximum absolute atomic E-state index is 13.6. The van der Waals surface area contributed by atoms with Gasteiger partial charge in [0.2, 0.25) is 0 Å². The topological polar surface area (TPSA) is 58.1 Å². The lowest BCUT2D eigenvalue weighted by molar-refractivity contribution is 0.0712. The van der Waals surface area contributed by atoms with E-state index in [9.17, 15) is 9.18 Å². The van der Waals surface area contributed by atoms with Gasteiger partial charge in [0.15, 0.2) is 5.69 Å². The monoisotopic (exact) mass is 306 g/mol. The number of aromatic nitrogens is 2. The van der Waals surface area contributed by atoms with Crippen LogP contribution in [-0.4, -0.2) is 39.5 Å². The molecule has 7 heteroatoms. The molecule has 21 heavy (non-hydrogen) atoms. The van der Waals surface area contributed by atoms with Crippen molar-refractivity contribution in [3.63, 3.8) is 0 Å². The van der Waals surface area contributed by atoms with Crippen LogP contribution in [0.4, 0.5) is 10.1 Å². The van der Waals surface area contributed by atoms with Crippen molar-refractivity contribution in [3.8, 4) is 0 Å². The van der Waals surface area contributed by atoms with Crippen LogP contribution in [0.2, 0.25) is 0 Å². The Bertz CT molecular complexity index is 611. The van der Waals surface area contributed by atoms with E-state index in [1.54, 1.807) is 28.5 Å². The number of benzene rings is 1. The van der Waals surface area contributed by atoms with Gasteiger partial charge in [-0.15, -0.1) is 5.10 Å². The number of nitrogens with zero attached hydrogens (tertiary/aromatic N) is 3. The van der Waals surface area contributed by atoms with Crippen LogP contribution in [0.15, 0.2) is 29.6 Å². The van der Waals surface area contributed by atoms with Crippen molar-refractivity contribution in [1.29, 1.82) is 0 Å². The molecule has 0 unspecified atom stereocenters. The zero-order valence-electron chi connectivity index (χ0n) is 11.3. The highest BCUT2D eigenvalue weighted by Crippen LogP contribution is 2.20. The molecule has 5 nitrogen and oxygen atoms in total. The van der Waals surface area contributed by atoms with Crippen molar-refractivity contribution in [3.05, 3.63) is 41.2 Å². The molecule has 3 rings (SSSR count). The van der Waals surface area contributed by atoms with Crippen LogP contribution in [0.3, 0.4) is 0 Å². The van der Waals surface area contributed by atoms with Crippen LogP contribution >= 0.6 is 11.5 Å². The van der Waals surface area contributed by atoms with Gasteiger partial charge in [-0.25, -0.2) is 4.39 Å². The number of carbonyl (C=O) groups excluding carboxylic acids is 1. The summed E-state index contributed by atoms with van der Waals surface area (Å²) in [4.78, 5) is 13.9. The van der Waals surface area contributed by atoms with E-state index in [0.717, 1.165) is 12.8 Å². The Morgan fingerprint density at radius 2 is 2.10 bits per heavy atom. The Morgan fingerprint density at radius 3 is 2.76 bits per heavy atom. The standard InChI is InChI=1S/C14H15FN4OS/c15-11-3-1-2-4-12(11)16-10-5-7-19(8-6-10)14(20)13-9-21-18-17-13/h1-4,9-10,16H,5-8H2. The summed E-state index contributed by atoms with van der Waals surface area (Å²) in [6.45, 7) is 1.28. The first-order valence-electron chi connectivity index (χ1n) is 6.81. The molecule has 0 atom stereocenters. The molecular weight excluding hydrogens is 291 g/mol. The molecule has 2 aromatic rings. The number of amides is 1. The minimum atomic E-state index is -0.246. The molecule has 1 saturated heterocycles. The van der Waals surface area contributed by atoms with Gasteiger partial charge in [-0.3, -0.25) is 4.79 Å². The number of nitrogens with one attached hydrogen (secondary N) is 1. The van der Waals surface area contributed by atoms with Crippen molar-refractivity contribution in [2.24, 2.45) is 0 Å². The van der Waals surface area contributed by atoms with E-state index in [2.05, 4.69) is 14.9 Å². The third-order valence-electron chi connectivity index (χ3n) is 3.59. The Balaban J connectivity index is 1.56. The molecule has 0 spiro atoms. The van der Waals surface area contributed by atoms with E-state index in [0.29, 0.717) is 24.5 Å². The molecule has 1 amide bonds. The van der Waals surface area contributed by atoms with Crippen molar-refractivity contribution in [2.45, 2.75) is 18.9 Å². The van der Waals surface area contributed by atoms with Gasteiger partial charge < -0.3 is 10.2 Å². The van der Waals surface area contributed by atoms with Gasteiger partial charge >= 0.3 is 0 Å². The first-order valence-corrected chi connectivity index (χ1v) is 7.65. The quantitative estimate of drug-likeness (QED) is 0.946. The number of halogens is 1. The summed E-state index contributed by atoms with van der Waals surface area (Å²) in [5.41, 5.74) is 0.923. The molecular formula is C14H15FN4OS. The largest absolute Gasteiger partial charge is 0.380 e. The molecule has 1 aliphatic heterocycles. The highest BCUT2D eigenvalue weighted by Gasteiger charge is 2.25. The zero-order chi connectivity index (χ0) is 14.7. The summed E-state index contributed by atoms with van der Waals surface area (Å²) < 4.78 is 17.3. The Labute approximate surface area is 125 Å². The minimum absolute atomic E-state index is 0.0758. The molecule has 1 aromatic heterocycles. The maximum atomic E-state index is 13.6. The average molecular weight is 306 g/mol. The Hall–Kier alpha value is -2.02. The van der Waals surface area contributed by atoms with Crippen LogP contribution in [0.1, 0.15) is 23.3 Å². The van der Waals surface area contributed by atoms with E-state index < -0.39 is 0 Å². The first-order chi connectivity index (χ1) is 10.2. The van der Waals surface area contributed by atoms with Crippen molar-refractivity contribution in [1.82, 2.24) is 14.5 Å². The molecule has 0 bridgehead atoms. The highest BCUT2D eigenvalue weighted by molar-refractivity contribution is 7.03. The molecule has 2 heterocycles. The number of hydrogen-bond donors (Lipinski definition) is 1. The third-order valence-corrected chi connectivity index (χ3v) is 4.10. The number of likely N-dealkylation sites (tertiary alicyclic amines) is 1. The molecule has 0 radical (unpaired) electrons. The smallest absolute Gasteiger partial charge is 0.275 e. The number of para-hydroxylation sites is 1. The van der Waals surface area contributed by atoms with E-state index in [-0.39, 0.29) is 17.8 Å². The molecule has 110 valence electrons. The molecule has 0 aliphatic carbocycles. The zero-order valence-corrected chi connectivity index (χ0v) is 12.1. The lowest BCUT2D eigenvalue weighted by atomic mass is 10.0. The van der Waals surface area contributed by atoms with Crippen molar-refractivity contribution >= 4 is 23.1 Å². The Kier molecular flexibility index (Phi) is 4.10. The highest BCUT2D eigenvalue weighted by atomic mass is 32.1. The van der Waals surface area contributed by atoms with Gasteiger partial charge in [0.1, 0.15) is 5.82 Å². The van der Waals surface area contributed by atoms with E-state index >= 15 is 0 Å². The fourth-order valence-electron chi connectivity index (χ4n) is 2.44. The average Bonchev–Trinajstić information content (AvgIpc) is 3.04.